The average Bonchev–Trinajstić information content (AvgIpc) is 2.66. The first-order chi connectivity index (χ1) is 7.71. The third-order valence-corrected chi connectivity index (χ3v) is 4.30. The fourth-order valence-electron chi connectivity index (χ4n) is 3.58. The fourth-order valence-corrected chi connectivity index (χ4v) is 3.58. The van der Waals surface area contributed by atoms with Crippen LogP contribution in [-0.4, -0.2) is 29.5 Å². The molecule has 0 bridgehead atoms. The van der Waals surface area contributed by atoms with Crippen LogP contribution in [0.3, 0.4) is 0 Å². The minimum Gasteiger partial charge on any atom is -0.374 e. The summed E-state index contributed by atoms with van der Waals surface area (Å²) >= 11 is 0. The fraction of sp³-hybridized carbons (Fsp3) is 1.00. The van der Waals surface area contributed by atoms with Crippen LogP contribution in [0.1, 0.15) is 53.9 Å². The molecule has 2 N–H and O–H groups in total. The van der Waals surface area contributed by atoms with E-state index in [1.54, 1.807) is 0 Å². The van der Waals surface area contributed by atoms with E-state index in [-0.39, 0.29) is 23.3 Å². The second-order valence-corrected chi connectivity index (χ2v) is 6.92. The van der Waals surface area contributed by atoms with E-state index in [0.717, 1.165) is 19.3 Å². The van der Waals surface area contributed by atoms with Crippen molar-refractivity contribution in [2.75, 3.05) is 0 Å². The number of nitrogens with two attached hydrogens (primary N) is 1. The standard InChI is InChI=1S/C14H27NO2/c1-9-6-7-11(16-9)12(15)10-8-13(2,3)17-14(10,4)5/h9-12H,6-8,15H2,1-5H3. The Kier molecular flexibility index (Phi) is 3.30. The molecule has 2 saturated heterocycles. The van der Waals surface area contributed by atoms with Crippen molar-refractivity contribution in [3.63, 3.8) is 0 Å². The minimum atomic E-state index is -0.141. The first kappa shape index (κ1) is 13.3. The van der Waals surface area contributed by atoms with Crippen LogP contribution in [0, 0.1) is 5.92 Å². The van der Waals surface area contributed by atoms with Gasteiger partial charge in [-0.25, -0.2) is 0 Å². The van der Waals surface area contributed by atoms with E-state index in [9.17, 15) is 0 Å². The van der Waals surface area contributed by atoms with Crippen LogP contribution in [0.15, 0.2) is 0 Å². The molecule has 0 radical (unpaired) electrons. The Morgan fingerprint density at radius 2 is 1.82 bits per heavy atom. The number of ether oxygens (including phenoxy) is 2. The zero-order valence-corrected chi connectivity index (χ0v) is 11.8. The Labute approximate surface area is 105 Å². The molecular weight excluding hydrogens is 214 g/mol. The maximum absolute atomic E-state index is 6.44. The molecule has 2 rings (SSSR count). The molecule has 0 aromatic heterocycles. The van der Waals surface area contributed by atoms with Gasteiger partial charge in [-0.1, -0.05) is 0 Å². The highest BCUT2D eigenvalue weighted by atomic mass is 16.5. The predicted molar refractivity (Wildman–Crippen MR) is 68.9 cm³/mol. The van der Waals surface area contributed by atoms with Gasteiger partial charge >= 0.3 is 0 Å². The van der Waals surface area contributed by atoms with Crippen molar-refractivity contribution in [3.8, 4) is 0 Å². The van der Waals surface area contributed by atoms with Gasteiger partial charge in [0.05, 0.1) is 23.4 Å². The molecule has 17 heavy (non-hydrogen) atoms. The molecule has 3 nitrogen and oxygen atoms in total. The highest BCUT2D eigenvalue weighted by Crippen LogP contribution is 2.44. The normalized spacial score (nSPS) is 41.6. The lowest BCUT2D eigenvalue weighted by molar-refractivity contribution is -0.0827. The Balaban J connectivity index is 2.06. The summed E-state index contributed by atoms with van der Waals surface area (Å²) < 4.78 is 12.0. The van der Waals surface area contributed by atoms with Crippen LogP contribution in [0.4, 0.5) is 0 Å². The van der Waals surface area contributed by atoms with Crippen molar-refractivity contribution in [1.29, 1.82) is 0 Å². The minimum absolute atomic E-state index is 0.0595. The molecule has 0 aromatic rings. The molecular formula is C14H27NO2. The number of hydrogen-bond donors (Lipinski definition) is 1. The maximum atomic E-state index is 6.44. The Hall–Kier alpha value is -0.120. The third kappa shape index (κ3) is 2.67. The summed E-state index contributed by atoms with van der Waals surface area (Å²) in [5, 5.41) is 0. The molecule has 0 aliphatic carbocycles. The monoisotopic (exact) mass is 241 g/mol. The van der Waals surface area contributed by atoms with Crippen LogP contribution >= 0.6 is 0 Å². The lowest BCUT2D eigenvalue weighted by Crippen LogP contribution is -2.48. The van der Waals surface area contributed by atoms with Gasteiger partial charge < -0.3 is 15.2 Å². The summed E-state index contributed by atoms with van der Waals surface area (Å²) in [6, 6.07) is 0.0942. The van der Waals surface area contributed by atoms with Gasteiger partial charge in [-0.3, -0.25) is 0 Å². The summed E-state index contributed by atoms with van der Waals surface area (Å²) in [5.74, 6) is 0.382. The van der Waals surface area contributed by atoms with E-state index in [0.29, 0.717) is 12.0 Å². The molecule has 2 aliphatic rings. The Bertz CT molecular complexity index is 288. The number of hydrogen-bond acceptors (Lipinski definition) is 3. The zero-order chi connectivity index (χ0) is 12.8. The van der Waals surface area contributed by atoms with Gasteiger partial charge in [0, 0.05) is 12.0 Å². The summed E-state index contributed by atoms with van der Waals surface area (Å²) in [6.45, 7) is 10.8. The summed E-state index contributed by atoms with van der Waals surface area (Å²) in [4.78, 5) is 0. The van der Waals surface area contributed by atoms with Crippen molar-refractivity contribution in [3.05, 3.63) is 0 Å². The van der Waals surface area contributed by atoms with Crippen LogP contribution < -0.4 is 5.73 Å². The van der Waals surface area contributed by atoms with Crippen molar-refractivity contribution in [2.45, 2.75) is 83.3 Å². The largest absolute Gasteiger partial charge is 0.374 e. The maximum Gasteiger partial charge on any atom is 0.0734 e. The molecule has 0 amide bonds. The van der Waals surface area contributed by atoms with Gasteiger partial charge in [0.1, 0.15) is 0 Å². The average molecular weight is 241 g/mol. The second-order valence-electron chi connectivity index (χ2n) is 6.92. The van der Waals surface area contributed by atoms with E-state index in [2.05, 4.69) is 34.6 Å². The zero-order valence-electron chi connectivity index (χ0n) is 11.8. The SMILES string of the molecule is CC1CCC(C(N)C2CC(C)(C)OC2(C)C)O1. The van der Waals surface area contributed by atoms with Gasteiger partial charge in [0.15, 0.2) is 0 Å². The van der Waals surface area contributed by atoms with Crippen molar-refractivity contribution < 1.29 is 9.47 Å². The van der Waals surface area contributed by atoms with Crippen LogP contribution in [-0.2, 0) is 9.47 Å². The van der Waals surface area contributed by atoms with E-state index >= 15 is 0 Å². The van der Waals surface area contributed by atoms with E-state index in [4.69, 9.17) is 15.2 Å². The van der Waals surface area contributed by atoms with Crippen molar-refractivity contribution in [1.82, 2.24) is 0 Å². The van der Waals surface area contributed by atoms with Gasteiger partial charge in [0.2, 0.25) is 0 Å². The molecule has 100 valence electrons. The van der Waals surface area contributed by atoms with E-state index in [1.807, 2.05) is 0 Å². The topological polar surface area (TPSA) is 44.5 Å². The molecule has 3 heteroatoms. The third-order valence-electron chi connectivity index (χ3n) is 4.30. The van der Waals surface area contributed by atoms with Crippen LogP contribution in [0.25, 0.3) is 0 Å². The molecule has 2 aliphatic heterocycles. The molecule has 0 aromatic carbocycles. The highest BCUT2D eigenvalue weighted by molar-refractivity contribution is 5.01. The van der Waals surface area contributed by atoms with Gasteiger partial charge in [0.25, 0.3) is 0 Å². The second kappa shape index (κ2) is 4.22. The highest BCUT2D eigenvalue weighted by Gasteiger charge is 2.50. The number of rotatable bonds is 2. The Morgan fingerprint density at radius 1 is 1.18 bits per heavy atom. The molecule has 4 atom stereocenters. The summed E-state index contributed by atoms with van der Waals surface area (Å²) in [7, 11) is 0. The lowest BCUT2D eigenvalue weighted by Gasteiger charge is -2.33. The molecule has 4 unspecified atom stereocenters. The summed E-state index contributed by atoms with van der Waals surface area (Å²) in [5.41, 5.74) is 6.24. The van der Waals surface area contributed by atoms with Gasteiger partial charge in [-0.15, -0.1) is 0 Å². The van der Waals surface area contributed by atoms with Crippen LogP contribution in [0.2, 0.25) is 0 Å². The molecule has 2 fully saturated rings. The molecule has 2 heterocycles. The van der Waals surface area contributed by atoms with Gasteiger partial charge in [-0.05, 0) is 53.9 Å². The summed E-state index contributed by atoms with van der Waals surface area (Å²) in [6.07, 6.45) is 3.83. The van der Waals surface area contributed by atoms with Gasteiger partial charge in [-0.2, -0.15) is 0 Å². The quantitative estimate of drug-likeness (QED) is 0.807. The molecule has 0 spiro atoms. The van der Waals surface area contributed by atoms with E-state index in [1.165, 1.54) is 0 Å². The van der Waals surface area contributed by atoms with Crippen molar-refractivity contribution >= 4 is 0 Å². The smallest absolute Gasteiger partial charge is 0.0734 e. The first-order valence-corrected chi connectivity index (χ1v) is 6.82. The van der Waals surface area contributed by atoms with Crippen molar-refractivity contribution in [2.24, 2.45) is 11.7 Å². The Morgan fingerprint density at radius 3 is 2.24 bits per heavy atom. The van der Waals surface area contributed by atoms with Crippen LogP contribution in [0.5, 0.6) is 0 Å². The first-order valence-electron chi connectivity index (χ1n) is 6.82. The molecule has 0 saturated carbocycles. The van der Waals surface area contributed by atoms with E-state index < -0.39 is 0 Å². The lowest BCUT2D eigenvalue weighted by atomic mass is 9.79. The predicted octanol–water partition coefficient (Wildman–Crippen LogP) is 2.47.